The van der Waals surface area contributed by atoms with Crippen molar-refractivity contribution in [2.75, 3.05) is 18.0 Å². The van der Waals surface area contributed by atoms with E-state index < -0.39 is 0 Å². The van der Waals surface area contributed by atoms with Gasteiger partial charge in [0.05, 0.1) is 0 Å². The van der Waals surface area contributed by atoms with E-state index in [2.05, 4.69) is 28.7 Å². The maximum absolute atomic E-state index is 4.30. The Hall–Kier alpha value is -1.12. The minimum absolute atomic E-state index is 0.818. The van der Waals surface area contributed by atoms with Crippen LogP contribution in [0.25, 0.3) is 0 Å². The zero-order valence-electron chi connectivity index (χ0n) is 9.56. The van der Waals surface area contributed by atoms with Crippen LogP contribution in [0.5, 0.6) is 0 Å². The van der Waals surface area contributed by atoms with Gasteiger partial charge >= 0.3 is 0 Å². The monoisotopic (exact) mass is 205 g/mol. The normalized spacial score (nSPS) is 23.1. The Labute approximate surface area is 91.5 Å². The van der Waals surface area contributed by atoms with Crippen molar-refractivity contribution < 1.29 is 0 Å². The molecule has 0 amide bonds. The number of hydrogen-bond acceptors (Lipinski definition) is 3. The van der Waals surface area contributed by atoms with Crippen molar-refractivity contribution in [3.8, 4) is 0 Å². The van der Waals surface area contributed by atoms with Crippen molar-refractivity contribution in [3.63, 3.8) is 0 Å². The predicted molar refractivity (Wildman–Crippen MR) is 61.8 cm³/mol. The first kappa shape index (κ1) is 10.4. The molecule has 0 spiro atoms. The van der Waals surface area contributed by atoms with Gasteiger partial charge in [-0.2, -0.15) is 0 Å². The molecule has 1 saturated heterocycles. The molecule has 2 unspecified atom stereocenters. The molecule has 3 heteroatoms. The molecule has 82 valence electrons. The largest absolute Gasteiger partial charge is 0.341 e. The van der Waals surface area contributed by atoms with E-state index >= 15 is 0 Å². The zero-order chi connectivity index (χ0) is 10.7. The molecular formula is C12H19N3. The molecule has 1 aromatic heterocycles. The fourth-order valence-corrected chi connectivity index (χ4v) is 2.22. The predicted octanol–water partition coefficient (Wildman–Crippen LogP) is 2.35. The molecule has 2 heterocycles. The lowest BCUT2D eigenvalue weighted by atomic mass is 9.91. The smallest absolute Gasteiger partial charge is 0.225 e. The molecule has 0 aromatic carbocycles. The van der Waals surface area contributed by atoms with Crippen LogP contribution in [0.15, 0.2) is 18.5 Å². The SMILES string of the molecule is CCC(C)C1CCN(c2ncccn2)C1. The number of hydrogen-bond donors (Lipinski definition) is 0. The number of rotatable bonds is 3. The summed E-state index contributed by atoms with van der Waals surface area (Å²) >= 11 is 0. The minimum atomic E-state index is 0.818. The summed E-state index contributed by atoms with van der Waals surface area (Å²) < 4.78 is 0. The second-order valence-corrected chi connectivity index (χ2v) is 4.43. The van der Waals surface area contributed by atoms with Gasteiger partial charge < -0.3 is 4.90 Å². The third kappa shape index (κ3) is 2.28. The molecule has 1 aromatic rings. The highest BCUT2D eigenvalue weighted by molar-refractivity contribution is 5.30. The van der Waals surface area contributed by atoms with Crippen molar-refractivity contribution in [1.29, 1.82) is 0 Å². The van der Waals surface area contributed by atoms with E-state index in [1.54, 1.807) is 0 Å². The second kappa shape index (κ2) is 4.60. The highest BCUT2D eigenvalue weighted by Crippen LogP contribution is 2.27. The average Bonchev–Trinajstić information content (AvgIpc) is 2.78. The molecule has 0 saturated carbocycles. The van der Waals surface area contributed by atoms with Crippen molar-refractivity contribution >= 4 is 5.95 Å². The Morgan fingerprint density at radius 3 is 2.87 bits per heavy atom. The van der Waals surface area contributed by atoms with Crippen LogP contribution in [0.2, 0.25) is 0 Å². The zero-order valence-corrected chi connectivity index (χ0v) is 9.56. The maximum atomic E-state index is 4.30. The van der Waals surface area contributed by atoms with E-state index in [1.807, 2.05) is 18.5 Å². The minimum Gasteiger partial charge on any atom is -0.341 e. The highest BCUT2D eigenvalue weighted by atomic mass is 15.3. The summed E-state index contributed by atoms with van der Waals surface area (Å²) in [5.41, 5.74) is 0. The summed E-state index contributed by atoms with van der Waals surface area (Å²) in [6, 6.07) is 1.87. The second-order valence-electron chi connectivity index (χ2n) is 4.43. The molecular weight excluding hydrogens is 186 g/mol. The van der Waals surface area contributed by atoms with Crippen molar-refractivity contribution in [2.24, 2.45) is 11.8 Å². The first-order valence-electron chi connectivity index (χ1n) is 5.83. The molecule has 3 nitrogen and oxygen atoms in total. The van der Waals surface area contributed by atoms with Gasteiger partial charge in [0, 0.05) is 25.5 Å². The van der Waals surface area contributed by atoms with Crippen LogP contribution in [0.3, 0.4) is 0 Å². The third-order valence-corrected chi connectivity index (χ3v) is 3.51. The summed E-state index contributed by atoms with van der Waals surface area (Å²) in [6.45, 7) is 6.85. The van der Waals surface area contributed by atoms with E-state index in [9.17, 15) is 0 Å². The number of anilines is 1. The van der Waals surface area contributed by atoms with Gasteiger partial charge in [-0.1, -0.05) is 20.3 Å². The first-order valence-corrected chi connectivity index (χ1v) is 5.83. The lowest BCUT2D eigenvalue weighted by molar-refractivity contribution is 0.379. The lowest BCUT2D eigenvalue weighted by Crippen LogP contribution is -2.23. The third-order valence-electron chi connectivity index (χ3n) is 3.51. The van der Waals surface area contributed by atoms with Crippen molar-refractivity contribution in [1.82, 2.24) is 9.97 Å². The van der Waals surface area contributed by atoms with E-state index in [-0.39, 0.29) is 0 Å². The summed E-state index contributed by atoms with van der Waals surface area (Å²) in [5.74, 6) is 2.53. The number of aromatic nitrogens is 2. The Kier molecular flexibility index (Phi) is 3.19. The van der Waals surface area contributed by atoms with E-state index in [0.29, 0.717) is 0 Å². The Morgan fingerprint density at radius 1 is 1.47 bits per heavy atom. The van der Waals surface area contributed by atoms with Crippen LogP contribution in [0.1, 0.15) is 26.7 Å². The van der Waals surface area contributed by atoms with Crippen LogP contribution in [0, 0.1) is 11.8 Å². The van der Waals surface area contributed by atoms with Gasteiger partial charge in [-0.25, -0.2) is 9.97 Å². The fraction of sp³-hybridized carbons (Fsp3) is 0.667. The van der Waals surface area contributed by atoms with Crippen molar-refractivity contribution in [2.45, 2.75) is 26.7 Å². The Bertz CT molecular complexity index is 299. The van der Waals surface area contributed by atoms with E-state index in [1.165, 1.54) is 12.8 Å². The summed E-state index contributed by atoms with van der Waals surface area (Å²) in [5, 5.41) is 0. The van der Waals surface area contributed by atoms with Gasteiger partial charge in [0.1, 0.15) is 0 Å². The molecule has 2 rings (SSSR count). The van der Waals surface area contributed by atoms with Gasteiger partial charge in [0.2, 0.25) is 5.95 Å². The summed E-state index contributed by atoms with van der Waals surface area (Å²) in [4.78, 5) is 10.9. The summed E-state index contributed by atoms with van der Waals surface area (Å²) in [6.07, 6.45) is 6.19. The summed E-state index contributed by atoms with van der Waals surface area (Å²) in [7, 11) is 0. The highest BCUT2D eigenvalue weighted by Gasteiger charge is 2.27. The van der Waals surface area contributed by atoms with Gasteiger partial charge in [-0.15, -0.1) is 0 Å². The van der Waals surface area contributed by atoms with Crippen molar-refractivity contribution in [3.05, 3.63) is 18.5 Å². The van der Waals surface area contributed by atoms with Gasteiger partial charge in [0.15, 0.2) is 0 Å². The van der Waals surface area contributed by atoms with E-state index in [0.717, 1.165) is 30.9 Å². The Balaban J connectivity index is 1.99. The molecule has 0 radical (unpaired) electrons. The molecule has 2 atom stereocenters. The van der Waals surface area contributed by atoms with Crippen LogP contribution >= 0.6 is 0 Å². The lowest BCUT2D eigenvalue weighted by Gasteiger charge is -2.19. The first-order chi connectivity index (χ1) is 7.31. The quantitative estimate of drug-likeness (QED) is 0.758. The Morgan fingerprint density at radius 2 is 2.20 bits per heavy atom. The van der Waals surface area contributed by atoms with Gasteiger partial charge in [0.25, 0.3) is 0 Å². The molecule has 15 heavy (non-hydrogen) atoms. The fourth-order valence-electron chi connectivity index (χ4n) is 2.22. The number of nitrogens with zero attached hydrogens (tertiary/aromatic N) is 3. The van der Waals surface area contributed by atoms with Gasteiger partial charge in [-0.05, 0) is 24.3 Å². The van der Waals surface area contributed by atoms with Crippen LogP contribution in [0.4, 0.5) is 5.95 Å². The van der Waals surface area contributed by atoms with E-state index in [4.69, 9.17) is 0 Å². The molecule has 0 bridgehead atoms. The molecule has 1 aliphatic rings. The topological polar surface area (TPSA) is 29.0 Å². The van der Waals surface area contributed by atoms with Gasteiger partial charge in [-0.3, -0.25) is 0 Å². The molecule has 0 aliphatic carbocycles. The molecule has 0 N–H and O–H groups in total. The van der Waals surface area contributed by atoms with Crippen LogP contribution in [-0.4, -0.2) is 23.1 Å². The molecule has 1 fully saturated rings. The van der Waals surface area contributed by atoms with Crippen LogP contribution < -0.4 is 4.90 Å². The molecule has 1 aliphatic heterocycles. The standard InChI is InChI=1S/C12H19N3/c1-3-10(2)11-5-8-15(9-11)12-13-6-4-7-14-12/h4,6-7,10-11H,3,5,8-9H2,1-2H3. The van der Waals surface area contributed by atoms with Crippen LogP contribution in [-0.2, 0) is 0 Å². The maximum Gasteiger partial charge on any atom is 0.225 e. The average molecular weight is 205 g/mol.